The smallest absolute Gasteiger partial charge is 0.0301 e. The highest BCUT2D eigenvalue weighted by atomic mass is 15.0. The van der Waals surface area contributed by atoms with Crippen LogP contribution in [-0.2, 0) is 0 Å². The molecule has 1 aliphatic rings. The minimum absolute atomic E-state index is 0.134. The fraction of sp³-hybridized carbons (Fsp3) is 1.00. The van der Waals surface area contributed by atoms with Crippen LogP contribution in [0, 0.1) is 5.92 Å². The summed E-state index contributed by atoms with van der Waals surface area (Å²) in [6, 6.07) is 0.718. The molecule has 0 aliphatic heterocycles. The Kier molecular flexibility index (Phi) is 3.74. The fourth-order valence-electron chi connectivity index (χ4n) is 2.00. The van der Waals surface area contributed by atoms with Gasteiger partial charge < -0.3 is 11.1 Å². The van der Waals surface area contributed by atoms with E-state index in [9.17, 15) is 0 Å². The molecule has 0 bridgehead atoms. The molecule has 1 rings (SSSR count). The van der Waals surface area contributed by atoms with Crippen LogP contribution in [0.2, 0.25) is 0 Å². The van der Waals surface area contributed by atoms with E-state index < -0.39 is 0 Å². The van der Waals surface area contributed by atoms with Crippen molar-refractivity contribution in [2.45, 2.75) is 58.0 Å². The third kappa shape index (κ3) is 2.68. The first kappa shape index (κ1) is 11.0. The molecule has 0 aromatic rings. The Morgan fingerprint density at radius 3 is 2.31 bits per heavy atom. The van der Waals surface area contributed by atoms with Crippen molar-refractivity contribution in [1.82, 2.24) is 5.32 Å². The lowest BCUT2D eigenvalue weighted by Gasteiger charge is -2.36. The fourth-order valence-corrected chi connectivity index (χ4v) is 2.00. The van der Waals surface area contributed by atoms with Gasteiger partial charge in [-0.25, -0.2) is 0 Å². The molecule has 1 saturated carbocycles. The van der Waals surface area contributed by atoms with E-state index >= 15 is 0 Å². The lowest BCUT2D eigenvalue weighted by Crippen LogP contribution is -2.55. The molecule has 13 heavy (non-hydrogen) atoms. The molecule has 1 atom stereocenters. The van der Waals surface area contributed by atoms with Crippen LogP contribution in [0.3, 0.4) is 0 Å². The summed E-state index contributed by atoms with van der Waals surface area (Å²) in [7, 11) is 0. The molecule has 0 saturated heterocycles. The molecule has 3 N–H and O–H groups in total. The van der Waals surface area contributed by atoms with E-state index in [1.807, 2.05) is 0 Å². The lowest BCUT2D eigenvalue weighted by molar-refractivity contribution is 0.239. The third-order valence-electron chi connectivity index (χ3n) is 3.59. The molecule has 1 fully saturated rings. The van der Waals surface area contributed by atoms with Crippen LogP contribution in [0.4, 0.5) is 0 Å². The van der Waals surface area contributed by atoms with E-state index in [2.05, 4.69) is 26.1 Å². The first-order valence-electron chi connectivity index (χ1n) is 5.56. The van der Waals surface area contributed by atoms with E-state index in [-0.39, 0.29) is 5.54 Å². The Bertz CT molecular complexity index is 150. The Labute approximate surface area is 82.3 Å². The van der Waals surface area contributed by atoms with Gasteiger partial charge in [-0.05, 0) is 25.7 Å². The second-order valence-corrected chi connectivity index (χ2v) is 4.90. The topological polar surface area (TPSA) is 38.0 Å². The zero-order chi connectivity index (χ0) is 9.90. The summed E-state index contributed by atoms with van der Waals surface area (Å²) in [4.78, 5) is 0. The van der Waals surface area contributed by atoms with Gasteiger partial charge in [0.2, 0.25) is 0 Å². The highest BCUT2D eigenvalue weighted by Gasteiger charge is 2.30. The highest BCUT2D eigenvalue weighted by molar-refractivity contribution is 4.91. The maximum Gasteiger partial charge on any atom is 0.0301 e. The Morgan fingerprint density at radius 1 is 1.38 bits per heavy atom. The molecule has 2 heteroatoms. The first-order chi connectivity index (χ1) is 6.08. The summed E-state index contributed by atoms with van der Waals surface area (Å²) in [6.45, 7) is 7.47. The van der Waals surface area contributed by atoms with Crippen LogP contribution in [0.25, 0.3) is 0 Å². The Morgan fingerprint density at radius 2 is 1.92 bits per heavy atom. The quantitative estimate of drug-likeness (QED) is 0.700. The summed E-state index contributed by atoms with van der Waals surface area (Å²) in [5, 5.41) is 3.72. The van der Waals surface area contributed by atoms with Gasteiger partial charge in [0.1, 0.15) is 0 Å². The third-order valence-corrected chi connectivity index (χ3v) is 3.59. The van der Waals surface area contributed by atoms with Crippen molar-refractivity contribution < 1.29 is 0 Å². The molecule has 0 heterocycles. The van der Waals surface area contributed by atoms with Crippen molar-refractivity contribution in [3.63, 3.8) is 0 Å². The van der Waals surface area contributed by atoms with Crippen LogP contribution < -0.4 is 11.1 Å². The second kappa shape index (κ2) is 4.43. The van der Waals surface area contributed by atoms with Gasteiger partial charge in [-0.15, -0.1) is 0 Å². The molecule has 78 valence electrons. The van der Waals surface area contributed by atoms with Crippen LogP contribution >= 0.6 is 0 Å². The van der Waals surface area contributed by atoms with E-state index in [1.165, 1.54) is 25.7 Å². The Hall–Kier alpha value is -0.0800. The monoisotopic (exact) mass is 184 g/mol. The van der Waals surface area contributed by atoms with Crippen molar-refractivity contribution in [1.29, 1.82) is 0 Å². The number of hydrogen-bond acceptors (Lipinski definition) is 2. The van der Waals surface area contributed by atoms with Crippen LogP contribution in [0.15, 0.2) is 0 Å². The predicted octanol–water partition coefficient (Wildman–Crippen LogP) is 1.89. The normalized spacial score (nSPS) is 23.8. The van der Waals surface area contributed by atoms with E-state index in [0.29, 0.717) is 5.92 Å². The van der Waals surface area contributed by atoms with Crippen molar-refractivity contribution in [3.8, 4) is 0 Å². The van der Waals surface area contributed by atoms with Crippen molar-refractivity contribution in [3.05, 3.63) is 0 Å². The zero-order valence-electron chi connectivity index (χ0n) is 9.27. The van der Waals surface area contributed by atoms with E-state index in [4.69, 9.17) is 5.73 Å². The molecule has 1 unspecified atom stereocenters. The van der Waals surface area contributed by atoms with Crippen LogP contribution in [-0.4, -0.2) is 18.1 Å². The molecule has 1 aliphatic carbocycles. The van der Waals surface area contributed by atoms with E-state index in [0.717, 1.165) is 12.6 Å². The van der Waals surface area contributed by atoms with Gasteiger partial charge in [0.05, 0.1) is 0 Å². The van der Waals surface area contributed by atoms with Gasteiger partial charge in [-0.2, -0.15) is 0 Å². The van der Waals surface area contributed by atoms with Gasteiger partial charge in [-0.3, -0.25) is 0 Å². The van der Waals surface area contributed by atoms with Gasteiger partial charge in [0.15, 0.2) is 0 Å². The van der Waals surface area contributed by atoms with Gasteiger partial charge in [0.25, 0.3) is 0 Å². The summed E-state index contributed by atoms with van der Waals surface area (Å²) in [5.74, 6) is 0.609. The Balaban J connectivity index is 2.46. The van der Waals surface area contributed by atoms with Crippen molar-refractivity contribution in [2.75, 3.05) is 6.54 Å². The lowest BCUT2D eigenvalue weighted by atomic mass is 9.87. The van der Waals surface area contributed by atoms with Crippen molar-refractivity contribution >= 4 is 0 Å². The number of nitrogens with one attached hydrogen (secondary N) is 1. The first-order valence-corrected chi connectivity index (χ1v) is 5.56. The molecular weight excluding hydrogens is 160 g/mol. The minimum Gasteiger partial charge on any atom is -0.329 e. The average Bonchev–Trinajstić information content (AvgIpc) is 2.56. The molecule has 0 spiro atoms. The largest absolute Gasteiger partial charge is 0.329 e. The minimum atomic E-state index is 0.134. The SMILES string of the molecule is CC(C)C(C)(CN)NC1CCCC1. The molecule has 0 aromatic heterocycles. The molecule has 2 nitrogen and oxygen atoms in total. The van der Waals surface area contributed by atoms with Crippen LogP contribution in [0.5, 0.6) is 0 Å². The highest BCUT2D eigenvalue weighted by Crippen LogP contribution is 2.23. The summed E-state index contributed by atoms with van der Waals surface area (Å²) >= 11 is 0. The maximum absolute atomic E-state index is 5.82. The number of hydrogen-bond donors (Lipinski definition) is 2. The number of nitrogens with two attached hydrogens (primary N) is 1. The van der Waals surface area contributed by atoms with Gasteiger partial charge in [0, 0.05) is 18.1 Å². The summed E-state index contributed by atoms with van der Waals surface area (Å²) < 4.78 is 0. The van der Waals surface area contributed by atoms with Gasteiger partial charge >= 0.3 is 0 Å². The number of rotatable bonds is 4. The summed E-state index contributed by atoms with van der Waals surface area (Å²) in [6.07, 6.45) is 5.44. The van der Waals surface area contributed by atoms with Gasteiger partial charge in [-0.1, -0.05) is 26.7 Å². The predicted molar refractivity (Wildman–Crippen MR) is 57.7 cm³/mol. The maximum atomic E-state index is 5.82. The second-order valence-electron chi connectivity index (χ2n) is 4.90. The molecule has 0 aromatic carbocycles. The zero-order valence-corrected chi connectivity index (χ0v) is 9.27. The molecule has 0 radical (unpaired) electrons. The van der Waals surface area contributed by atoms with Crippen molar-refractivity contribution in [2.24, 2.45) is 11.7 Å². The van der Waals surface area contributed by atoms with Crippen LogP contribution in [0.1, 0.15) is 46.5 Å². The van der Waals surface area contributed by atoms with E-state index in [1.54, 1.807) is 0 Å². The molecular formula is C11H24N2. The molecule has 0 amide bonds. The standard InChI is InChI=1S/C11H24N2/c1-9(2)11(3,8-12)13-10-6-4-5-7-10/h9-10,13H,4-8,12H2,1-3H3. The average molecular weight is 184 g/mol. The summed E-state index contributed by atoms with van der Waals surface area (Å²) in [5.41, 5.74) is 5.96.